The number of nitrogens with one attached hydrogen (secondary N) is 2. The molecule has 156 valence electrons. The van der Waals surface area contributed by atoms with Crippen molar-refractivity contribution >= 4 is 22.2 Å². The summed E-state index contributed by atoms with van der Waals surface area (Å²) in [5.74, 6) is 0.723. The van der Waals surface area contributed by atoms with Gasteiger partial charge in [-0.25, -0.2) is 0 Å². The molecule has 1 aliphatic heterocycles. The average molecular weight is 421 g/mol. The predicted octanol–water partition coefficient (Wildman–Crippen LogP) is 4.42. The Kier molecular flexibility index (Phi) is 6.30. The van der Waals surface area contributed by atoms with Crippen LogP contribution in [0.3, 0.4) is 0 Å². The molecule has 4 nitrogen and oxygen atoms in total. The van der Waals surface area contributed by atoms with Gasteiger partial charge in [-0.2, -0.15) is 0 Å². The van der Waals surface area contributed by atoms with E-state index in [0.717, 1.165) is 29.7 Å². The number of carbonyl (C=O) groups excluding carboxylic acids is 1. The third-order valence-corrected chi connectivity index (χ3v) is 7.43. The standard InChI is InChI=1S/C25H29N3OS/c1-17-12-15-28(16-13-17)23(21-11-7-8-14-26-21)22-18(2)19(3)30-25(22)27-24(29)20-9-5-4-6-10-20/h4-11,14,17,23H,12-13,15-16H2,1-3H3,(H,27,29)/p+1/t23-/m0/s1. The summed E-state index contributed by atoms with van der Waals surface area (Å²) in [7, 11) is 0. The van der Waals surface area contributed by atoms with E-state index in [9.17, 15) is 4.79 Å². The Morgan fingerprint density at radius 2 is 1.80 bits per heavy atom. The average Bonchev–Trinajstić information content (AvgIpc) is 3.04. The normalized spacial score (nSPS) is 20.0. The summed E-state index contributed by atoms with van der Waals surface area (Å²) in [4.78, 5) is 20.5. The van der Waals surface area contributed by atoms with E-state index in [1.807, 2.05) is 42.6 Å². The van der Waals surface area contributed by atoms with Gasteiger partial charge in [0.2, 0.25) is 0 Å². The summed E-state index contributed by atoms with van der Waals surface area (Å²) >= 11 is 1.68. The molecule has 30 heavy (non-hydrogen) atoms. The Balaban J connectivity index is 1.74. The van der Waals surface area contributed by atoms with Crippen molar-refractivity contribution in [3.63, 3.8) is 0 Å². The zero-order chi connectivity index (χ0) is 21.1. The maximum Gasteiger partial charge on any atom is 0.256 e. The summed E-state index contributed by atoms with van der Waals surface area (Å²) in [5, 5.41) is 4.18. The number of quaternary nitrogens is 1. The van der Waals surface area contributed by atoms with Gasteiger partial charge in [-0.3, -0.25) is 9.78 Å². The number of aryl methyl sites for hydroxylation is 1. The van der Waals surface area contributed by atoms with Gasteiger partial charge < -0.3 is 10.2 Å². The predicted molar refractivity (Wildman–Crippen MR) is 123 cm³/mol. The molecule has 0 unspecified atom stereocenters. The Bertz CT molecular complexity index is 992. The minimum Gasteiger partial charge on any atom is -0.324 e. The summed E-state index contributed by atoms with van der Waals surface area (Å²) in [5.41, 5.74) is 4.26. The van der Waals surface area contributed by atoms with Crippen LogP contribution in [0.5, 0.6) is 0 Å². The molecule has 4 rings (SSSR count). The summed E-state index contributed by atoms with van der Waals surface area (Å²) in [6.45, 7) is 8.93. The number of likely N-dealkylation sites (tertiary alicyclic amines) is 1. The molecule has 1 saturated heterocycles. The van der Waals surface area contributed by atoms with Crippen LogP contribution in [0.4, 0.5) is 5.00 Å². The highest BCUT2D eigenvalue weighted by atomic mass is 32.1. The molecule has 2 aromatic heterocycles. The molecule has 0 aliphatic carbocycles. The molecule has 0 saturated carbocycles. The number of nitrogens with zero attached hydrogens (tertiary/aromatic N) is 1. The fraction of sp³-hybridized carbons (Fsp3) is 0.360. The van der Waals surface area contributed by atoms with E-state index in [1.165, 1.54) is 28.8 Å². The van der Waals surface area contributed by atoms with E-state index >= 15 is 0 Å². The van der Waals surface area contributed by atoms with Gasteiger partial charge in [0, 0.05) is 16.6 Å². The molecular formula is C25H30N3OS+. The fourth-order valence-corrected chi connectivity index (χ4v) is 5.47. The van der Waals surface area contributed by atoms with Gasteiger partial charge in [0.05, 0.1) is 18.7 Å². The number of piperidine rings is 1. The van der Waals surface area contributed by atoms with Gasteiger partial charge >= 0.3 is 0 Å². The van der Waals surface area contributed by atoms with Gasteiger partial charge in [-0.15, -0.1) is 11.3 Å². The molecule has 0 bridgehead atoms. The number of anilines is 1. The van der Waals surface area contributed by atoms with E-state index in [2.05, 4.69) is 38.2 Å². The summed E-state index contributed by atoms with van der Waals surface area (Å²) in [6.07, 6.45) is 4.34. The third kappa shape index (κ3) is 4.32. The Labute approximate surface area is 183 Å². The van der Waals surface area contributed by atoms with E-state index in [4.69, 9.17) is 4.98 Å². The molecule has 2 N–H and O–H groups in total. The van der Waals surface area contributed by atoms with E-state index in [-0.39, 0.29) is 11.9 Å². The second-order valence-electron chi connectivity index (χ2n) is 8.37. The quantitative estimate of drug-likeness (QED) is 0.642. The van der Waals surface area contributed by atoms with Gasteiger partial charge in [0.25, 0.3) is 5.91 Å². The number of hydrogen-bond acceptors (Lipinski definition) is 3. The number of thiophene rings is 1. The van der Waals surface area contributed by atoms with Crippen LogP contribution in [0.2, 0.25) is 0 Å². The fourth-order valence-electron chi connectivity index (χ4n) is 4.38. The lowest BCUT2D eigenvalue weighted by molar-refractivity contribution is -0.931. The minimum absolute atomic E-state index is 0.0554. The second-order valence-corrected chi connectivity index (χ2v) is 9.60. The first-order chi connectivity index (χ1) is 14.5. The van der Waals surface area contributed by atoms with E-state index in [0.29, 0.717) is 5.56 Å². The molecular weight excluding hydrogens is 390 g/mol. The minimum atomic E-state index is -0.0554. The Hall–Kier alpha value is -2.50. The maximum atomic E-state index is 12.9. The van der Waals surface area contributed by atoms with Crippen LogP contribution in [-0.2, 0) is 0 Å². The van der Waals surface area contributed by atoms with Crippen LogP contribution in [0.25, 0.3) is 0 Å². The highest BCUT2D eigenvalue weighted by Crippen LogP contribution is 2.38. The van der Waals surface area contributed by atoms with Crippen LogP contribution in [0.1, 0.15) is 57.9 Å². The highest BCUT2D eigenvalue weighted by molar-refractivity contribution is 7.16. The zero-order valence-electron chi connectivity index (χ0n) is 17.9. The first-order valence-corrected chi connectivity index (χ1v) is 11.6. The third-order valence-electron chi connectivity index (χ3n) is 6.29. The molecule has 1 aromatic carbocycles. The molecule has 0 radical (unpaired) electrons. The van der Waals surface area contributed by atoms with Gasteiger partial charge in [0.1, 0.15) is 10.7 Å². The molecule has 1 atom stereocenters. The maximum absolute atomic E-state index is 12.9. The number of rotatable bonds is 5. The summed E-state index contributed by atoms with van der Waals surface area (Å²) < 4.78 is 0. The molecule has 1 amide bonds. The number of amides is 1. The summed E-state index contributed by atoms with van der Waals surface area (Å²) in [6, 6.07) is 15.7. The molecule has 5 heteroatoms. The molecule has 0 spiro atoms. The van der Waals surface area contributed by atoms with Crippen molar-refractivity contribution in [3.8, 4) is 0 Å². The molecule has 3 heterocycles. The molecule has 1 fully saturated rings. The van der Waals surface area contributed by atoms with Gasteiger partial charge in [-0.05, 0) is 62.4 Å². The largest absolute Gasteiger partial charge is 0.324 e. The van der Waals surface area contributed by atoms with Crippen molar-refractivity contribution in [1.29, 1.82) is 0 Å². The first-order valence-electron chi connectivity index (χ1n) is 10.8. The van der Waals surface area contributed by atoms with Crippen molar-refractivity contribution in [1.82, 2.24) is 4.98 Å². The van der Waals surface area contributed by atoms with E-state index in [1.54, 1.807) is 16.2 Å². The monoisotopic (exact) mass is 420 g/mol. The lowest BCUT2D eigenvalue weighted by Gasteiger charge is -2.34. The zero-order valence-corrected chi connectivity index (χ0v) is 18.8. The van der Waals surface area contributed by atoms with Gasteiger partial charge in [0.15, 0.2) is 6.04 Å². The topological polar surface area (TPSA) is 46.4 Å². The SMILES string of the molecule is Cc1sc(NC(=O)c2ccccc2)c([C@H](c2ccccn2)[NH+]2CCC(C)CC2)c1C. The van der Waals surface area contributed by atoms with Crippen LogP contribution >= 0.6 is 11.3 Å². The second kappa shape index (κ2) is 9.11. The van der Waals surface area contributed by atoms with E-state index < -0.39 is 0 Å². The highest BCUT2D eigenvalue weighted by Gasteiger charge is 2.35. The Morgan fingerprint density at radius 1 is 1.10 bits per heavy atom. The van der Waals surface area contributed by atoms with Crippen LogP contribution in [0.15, 0.2) is 54.7 Å². The number of hydrogen-bond donors (Lipinski definition) is 2. The van der Waals surface area contributed by atoms with Crippen LogP contribution in [-0.4, -0.2) is 24.0 Å². The Morgan fingerprint density at radius 3 is 2.47 bits per heavy atom. The van der Waals surface area contributed by atoms with Crippen LogP contribution in [0, 0.1) is 19.8 Å². The smallest absolute Gasteiger partial charge is 0.256 e. The first kappa shape index (κ1) is 20.8. The van der Waals surface area contributed by atoms with Crippen molar-refractivity contribution in [3.05, 3.63) is 82.0 Å². The van der Waals surface area contributed by atoms with Crippen molar-refractivity contribution in [2.45, 2.75) is 39.7 Å². The molecule has 1 aliphatic rings. The van der Waals surface area contributed by atoms with Crippen molar-refractivity contribution in [2.75, 3.05) is 18.4 Å². The lowest BCUT2D eigenvalue weighted by atomic mass is 9.93. The van der Waals surface area contributed by atoms with Gasteiger partial charge in [-0.1, -0.05) is 31.2 Å². The number of benzene rings is 1. The van der Waals surface area contributed by atoms with Crippen molar-refractivity contribution < 1.29 is 9.69 Å². The molecule has 3 aromatic rings. The van der Waals surface area contributed by atoms with Crippen LogP contribution < -0.4 is 10.2 Å². The lowest BCUT2D eigenvalue weighted by Crippen LogP contribution is -3.13. The number of carbonyl (C=O) groups is 1. The number of aromatic nitrogens is 1. The number of pyridine rings is 1. The van der Waals surface area contributed by atoms with Crippen molar-refractivity contribution in [2.24, 2.45) is 5.92 Å².